The second-order valence-electron chi connectivity index (χ2n) is 9.37. The fourth-order valence-electron chi connectivity index (χ4n) is 4.14. The number of hydrogen-bond donors (Lipinski definition) is 5. The minimum Gasteiger partial charge on any atom is -0.481 e. The van der Waals surface area contributed by atoms with Gasteiger partial charge < -0.3 is 35.2 Å². The third-order valence-electron chi connectivity index (χ3n) is 6.42. The van der Waals surface area contributed by atoms with Crippen molar-refractivity contribution in [2.24, 2.45) is 0 Å². The van der Waals surface area contributed by atoms with Crippen LogP contribution in [0.5, 0.6) is 0 Å². The van der Waals surface area contributed by atoms with Crippen molar-refractivity contribution in [3.63, 3.8) is 0 Å². The zero-order valence-electron chi connectivity index (χ0n) is 23.1. The van der Waals surface area contributed by atoms with Crippen molar-refractivity contribution in [3.05, 3.63) is 70.6 Å². The number of aryl methyl sites for hydroxylation is 1. The van der Waals surface area contributed by atoms with Crippen LogP contribution in [0.15, 0.2) is 53.9 Å². The summed E-state index contributed by atoms with van der Waals surface area (Å²) >= 11 is 1.52. The monoisotopic (exact) mass is 589 g/mol. The SMILES string of the molecule is CCN(CC)CCOC(=O)C(O)(c1cccc(C)c1)c1csc2ccccc12.O=C(O)CC(O)(CC(=O)O)C(=O)O. The predicted octanol–water partition coefficient (Wildman–Crippen LogP) is 3.08. The van der Waals surface area contributed by atoms with Crippen molar-refractivity contribution >= 4 is 45.3 Å². The van der Waals surface area contributed by atoms with E-state index in [9.17, 15) is 24.3 Å². The number of carboxylic acids is 3. The zero-order valence-corrected chi connectivity index (χ0v) is 23.9. The number of carboxylic acid groups (broad SMARTS) is 3. The summed E-state index contributed by atoms with van der Waals surface area (Å²) in [5.74, 6) is -5.65. The minimum absolute atomic E-state index is 0.247. The van der Waals surface area contributed by atoms with Gasteiger partial charge in [-0.25, -0.2) is 9.59 Å². The van der Waals surface area contributed by atoms with Crippen LogP contribution in [0.3, 0.4) is 0 Å². The van der Waals surface area contributed by atoms with Crippen molar-refractivity contribution in [2.75, 3.05) is 26.2 Å². The van der Waals surface area contributed by atoms with Crippen LogP contribution in [0.1, 0.15) is 43.4 Å². The number of ether oxygens (including phenoxy) is 1. The molecule has 1 atom stereocenters. The van der Waals surface area contributed by atoms with E-state index in [1.807, 2.05) is 54.8 Å². The Kier molecular flexibility index (Phi) is 12.0. The number of nitrogens with zero attached hydrogens (tertiary/aromatic N) is 1. The molecule has 0 spiro atoms. The van der Waals surface area contributed by atoms with Gasteiger partial charge in [-0.15, -0.1) is 11.3 Å². The number of benzene rings is 2. The molecule has 1 unspecified atom stereocenters. The van der Waals surface area contributed by atoms with Crippen molar-refractivity contribution < 1.29 is 49.4 Å². The fourth-order valence-corrected chi connectivity index (χ4v) is 5.14. The third kappa shape index (κ3) is 8.57. The van der Waals surface area contributed by atoms with E-state index in [4.69, 9.17) is 25.2 Å². The first-order valence-electron chi connectivity index (χ1n) is 12.8. The molecule has 0 aliphatic heterocycles. The molecule has 0 fully saturated rings. The molecule has 3 aromatic rings. The molecule has 0 aliphatic carbocycles. The Morgan fingerprint density at radius 1 is 0.902 bits per heavy atom. The zero-order chi connectivity index (χ0) is 30.8. The normalized spacial score (nSPS) is 12.7. The molecule has 222 valence electrons. The van der Waals surface area contributed by atoms with E-state index in [2.05, 4.69) is 18.7 Å². The molecule has 5 N–H and O–H groups in total. The Morgan fingerprint density at radius 3 is 2.05 bits per heavy atom. The summed E-state index contributed by atoms with van der Waals surface area (Å²) < 4.78 is 6.61. The minimum atomic E-state index is -2.74. The number of carbonyl (C=O) groups excluding carboxylic acids is 1. The average molecular weight is 590 g/mol. The quantitative estimate of drug-likeness (QED) is 0.185. The van der Waals surface area contributed by atoms with Gasteiger partial charge in [0.2, 0.25) is 5.60 Å². The highest BCUT2D eigenvalue weighted by Crippen LogP contribution is 2.39. The Hall–Kier alpha value is -3.84. The maximum Gasteiger partial charge on any atom is 0.347 e. The highest BCUT2D eigenvalue weighted by Gasteiger charge is 2.44. The van der Waals surface area contributed by atoms with Gasteiger partial charge in [0.05, 0.1) is 12.8 Å². The molecule has 41 heavy (non-hydrogen) atoms. The number of aliphatic hydroxyl groups is 2. The molecule has 1 heterocycles. The molecule has 0 saturated carbocycles. The number of hydrogen-bond acceptors (Lipinski definition) is 9. The Balaban J connectivity index is 0.000000383. The second kappa shape index (κ2) is 14.7. The molecule has 0 radical (unpaired) electrons. The summed E-state index contributed by atoms with van der Waals surface area (Å²) in [4.78, 5) is 45.9. The van der Waals surface area contributed by atoms with E-state index >= 15 is 0 Å². The summed E-state index contributed by atoms with van der Waals surface area (Å²) in [7, 11) is 0. The van der Waals surface area contributed by atoms with Crippen LogP contribution in [0.2, 0.25) is 0 Å². The van der Waals surface area contributed by atoms with Gasteiger partial charge in [0.15, 0.2) is 5.60 Å². The Labute approximate surface area is 241 Å². The first kappa shape index (κ1) is 33.4. The third-order valence-corrected chi connectivity index (χ3v) is 7.39. The Morgan fingerprint density at radius 2 is 1.51 bits per heavy atom. The molecule has 3 rings (SSSR count). The van der Waals surface area contributed by atoms with Crippen molar-refractivity contribution in [1.29, 1.82) is 0 Å². The van der Waals surface area contributed by atoms with Crippen molar-refractivity contribution in [2.45, 2.75) is 44.8 Å². The maximum absolute atomic E-state index is 13.2. The van der Waals surface area contributed by atoms with Crippen molar-refractivity contribution in [1.82, 2.24) is 4.90 Å². The number of thiophene rings is 1. The van der Waals surface area contributed by atoms with E-state index in [0.29, 0.717) is 17.7 Å². The molecule has 12 heteroatoms. The molecular weight excluding hydrogens is 554 g/mol. The van der Waals surface area contributed by atoms with Crippen LogP contribution in [0.4, 0.5) is 0 Å². The first-order valence-corrected chi connectivity index (χ1v) is 13.7. The topological polar surface area (TPSA) is 182 Å². The lowest BCUT2D eigenvalue weighted by atomic mass is 9.85. The lowest BCUT2D eigenvalue weighted by Crippen LogP contribution is -2.42. The highest BCUT2D eigenvalue weighted by molar-refractivity contribution is 7.17. The predicted molar refractivity (Wildman–Crippen MR) is 152 cm³/mol. The van der Waals surface area contributed by atoms with Gasteiger partial charge in [-0.3, -0.25) is 9.59 Å². The summed E-state index contributed by atoms with van der Waals surface area (Å²) in [5.41, 5.74) is -2.49. The molecule has 0 bridgehead atoms. The largest absolute Gasteiger partial charge is 0.481 e. The standard InChI is InChI=1S/C23H27NO3S.C6H8O7/c1-4-24(5-2)13-14-27-22(25)23(26,18-10-8-9-17(3)15-18)20-16-28-21-12-7-6-11-19(20)21;7-3(8)1-6(13,5(11)12)2-4(9)10/h6-12,15-16,26H,4-5,13-14H2,1-3H3;13H,1-2H2,(H,7,8)(H,9,10)(H,11,12). The number of fused-ring (bicyclic) bond motifs is 1. The first-order chi connectivity index (χ1) is 19.3. The number of esters is 1. The fraction of sp³-hybridized carbons (Fsp3) is 0.379. The van der Waals surface area contributed by atoms with Gasteiger partial charge in [0.25, 0.3) is 0 Å². The van der Waals surface area contributed by atoms with Gasteiger partial charge in [-0.1, -0.05) is 61.9 Å². The van der Waals surface area contributed by atoms with Crippen molar-refractivity contribution in [3.8, 4) is 0 Å². The molecule has 1 aromatic heterocycles. The lowest BCUT2D eigenvalue weighted by Gasteiger charge is -2.27. The number of rotatable bonds is 13. The molecule has 0 saturated heterocycles. The number of likely N-dealkylation sites (N-methyl/N-ethyl adjacent to an activating group) is 1. The lowest BCUT2D eigenvalue weighted by molar-refractivity contribution is -0.170. The Bertz CT molecular complexity index is 1350. The molecular formula is C29H35NO10S. The van der Waals surface area contributed by atoms with E-state index in [0.717, 1.165) is 28.7 Å². The average Bonchev–Trinajstić information content (AvgIpc) is 3.34. The van der Waals surface area contributed by atoms with Crippen LogP contribution < -0.4 is 0 Å². The van der Waals surface area contributed by atoms with Crippen LogP contribution in [0, 0.1) is 6.92 Å². The van der Waals surface area contributed by atoms with E-state index in [-0.39, 0.29) is 6.61 Å². The maximum atomic E-state index is 13.2. The molecule has 2 aromatic carbocycles. The van der Waals surface area contributed by atoms with Gasteiger partial charge >= 0.3 is 23.9 Å². The van der Waals surface area contributed by atoms with Crippen LogP contribution >= 0.6 is 11.3 Å². The van der Waals surface area contributed by atoms with E-state index < -0.39 is 47.9 Å². The van der Waals surface area contributed by atoms with Gasteiger partial charge in [-0.2, -0.15) is 0 Å². The van der Waals surface area contributed by atoms with E-state index in [1.165, 1.54) is 11.3 Å². The molecule has 0 amide bonds. The number of aliphatic carboxylic acids is 3. The summed E-state index contributed by atoms with van der Waals surface area (Å²) in [6, 6.07) is 15.2. The van der Waals surface area contributed by atoms with Crippen LogP contribution in [0.25, 0.3) is 10.1 Å². The smallest absolute Gasteiger partial charge is 0.347 e. The van der Waals surface area contributed by atoms with E-state index in [1.54, 1.807) is 6.07 Å². The number of carbonyl (C=O) groups is 4. The summed E-state index contributed by atoms with van der Waals surface area (Å²) in [6.45, 7) is 8.78. The van der Waals surface area contributed by atoms with Gasteiger partial charge in [0.1, 0.15) is 6.61 Å². The highest BCUT2D eigenvalue weighted by atomic mass is 32.1. The van der Waals surface area contributed by atoms with Crippen LogP contribution in [-0.2, 0) is 29.5 Å². The summed E-state index contributed by atoms with van der Waals surface area (Å²) in [5, 5.41) is 48.3. The van der Waals surface area contributed by atoms with Gasteiger partial charge in [-0.05, 0) is 42.4 Å². The van der Waals surface area contributed by atoms with Crippen LogP contribution in [-0.4, -0.2) is 86.2 Å². The summed E-state index contributed by atoms with van der Waals surface area (Å²) in [6.07, 6.45) is -2.29. The van der Waals surface area contributed by atoms with Gasteiger partial charge in [0, 0.05) is 16.8 Å². The molecule has 11 nitrogen and oxygen atoms in total. The molecule has 0 aliphatic rings. The second-order valence-corrected chi connectivity index (χ2v) is 10.3.